The fraction of sp³-hybridized carbons (Fsp3) is 0.522. The van der Waals surface area contributed by atoms with Crippen molar-refractivity contribution in [2.24, 2.45) is 11.8 Å². The number of thiazole rings is 1. The van der Waals surface area contributed by atoms with Crippen LogP contribution in [0.3, 0.4) is 0 Å². The summed E-state index contributed by atoms with van der Waals surface area (Å²) in [7, 11) is 2.16. The highest BCUT2D eigenvalue weighted by molar-refractivity contribution is 7.15. The lowest BCUT2D eigenvalue weighted by Crippen LogP contribution is -2.25. The van der Waals surface area contributed by atoms with E-state index in [1.807, 2.05) is 23.7 Å². The fourth-order valence-corrected chi connectivity index (χ4v) is 6.79. The normalized spacial score (nSPS) is 26.1. The van der Waals surface area contributed by atoms with Crippen LogP contribution in [0.1, 0.15) is 23.4 Å². The molecule has 7 nitrogen and oxygen atoms in total. The molecule has 2 N–H and O–H groups in total. The van der Waals surface area contributed by atoms with Crippen molar-refractivity contribution in [3.8, 4) is 16.6 Å². The Labute approximate surface area is 186 Å². The number of H-pyrrole nitrogens is 1. The van der Waals surface area contributed by atoms with Gasteiger partial charge < -0.3 is 15.2 Å². The summed E-state index contributed by atoms with van der Waals surface area (Å²) in [5.74, 6) is 1.39. The third-order valence-corrected chi connectivity index (χ3v) is 8.40. The average Bonchev–Trinajstić information content (AvgIpc) is 3.50. The first-order valence-electron chi connectivity index (χ1n) is 11.2. The lowest BCUT2D eigenvalue weighted by atomic mass is 10.0. The largest absolute Gasteiger partial charge is 0.381 e. The molecule has 1 unspecified atom stereocenters. The molecule has 5 heterocycles. The minimum Gasteiger partial charge on any atom is -0.381 e. The van der Waals surface area contributed by atoms with Crippen LogP contribution in [0.4, 0.5) is 5.69 Å². The molecular weight excluding hydrogens is 406 g/mol. The van der Waals surface area contributed by atoms with Gasteiger partial charge >= 0.3 is 0 Å². The molecule has 0 bridgehead atoms. The maximum absolute atomic E-state index is 9.01. The average molecular weight is 434 g/mol. The van der Waals surface area contributed by atoms with E-state index < -0.39 is 0 Å². The standard InChI is InChI=1S/C23H27N7S/c1-29-6-3-20-19(13-29)28-23(31-20)18-10-26-22-17(2-5-25-22)21(18)27-16-8-14-11-30(7-4-24)12-15(14)9-16/h2,5,10,14-16H,3,6-9,11-13H2,1H3,(H2,25,26,27)/t14-,15+,16?. The first kappa shape index (κ1) is 19.2. The molecule has 6 rings (SSSR count). The van der Waals surface area contributed by atoms with Crippen LogP contribution < -0.4 is 5.32 Å². The minimum absolute atomic E-state index is 0.458. The molecule has 1 saturated heterocycles. The van der Waals surface area contributed by atoms with Crippen molar-refractivity contribution >= 4 is 28.1 Å². The monoisotopic (exact) mass is 433 g/mol. The SMILES string of the molecule is CN1CCc2sc(-c3cnc4[nH]ccc4c3NC3C[C@@H]4CN(CC#N)C[C@@H]4C3)nc2C1. The van der Waals surface area contributed by atoms with E-state index in [2.05, 4.69) is 44.3 Å². The smallest absolute Gasteiger partial charge is 0.139 e. The van der Waals surface area contributed by atoms with Gasteiger partial charge in [-0.3, -0.25) is 4.90 Å². The maximum Gasteiger partial charge on any atom is 0.139 e. The van der Waals surface area contributed by atoms with Crippen LogP contribution in [-0.2, 0) is 13.0 Å². The van der Waals surface area contributed by atoms with E-state index in [4.69, 9.17) is 10.2 Å². The van der Waals surface area contributed by atoms with Crippen molar-refractivity contribution in [2.75, 3.05) is 38.5 Å². The highest BCUT2D eigenvalue weighted by atomic mass is 32.1. The molecule has 0 aromatic carbocycles. The predicted molar refractivity (Wildman–Crippen MR) is 123 cm³/mol. The molecule has 1 aliphatic carbocycles. The van der Waals surface area contributed by atoms with E-state index in [0.717, 1.165) is 54.2 Å². The number of pyridine rings is 1. The van der Waals surface area contributed by atoms with E-state index in [1.165, 1.54) is 29.1 Å². The van der Waals surface area contributed by atoms with E-state index in [1.54, 1.807) is 0 Å². The number of nitriles is 1. The van der Waals surface area contributed by atoms with Crippen molar-refractivity contribution in [1.29, 1.82) is 5.26 Å². The highest BCUT2D eigenvalue weighted by Crippen LogP contribution is 2.42. The predicted octanol–water partition coefficient (Wildman–Crippen LogP) is 3.32. The zero-order valence-corrected chi connectivity index (χ0v) is 18.6. The van der Waals surface area contributed by atoms with Crippen LogP contribution in [0.2, 0.25) is 0 Å². The number of anilines is 1. The molecule has 8 heteroatoms. The molecule has 2 aliphatic heterocycles. The summed E-state index contributed by atoms with van der Waals surface area (Å²) in [5, 5.41) is 15.1. The van der Waals surface area contributed by atoms with Gasteiger partial charge in [0.15, 0.2) is 0 Å². The van der Waals surface area contributed by atoms with Crippen LogP contribution in [0, 0.1) is 23.2 Å². The third kappa shape index (κ3) is 3.41. The molecule has 3 aromatic rings. The van der Waals surface area contributed by atoms with Crippen LogP contribution >= 0.6 is 11.3 Å². The molecule has 0 radical (unpaired) electrons. The lowest BCUT2D eigenvalue weighted by molar-refractivity contribution is 0.311. The molecule has 1 saturated carbocycles. The summed E-state index contributed by atoms with van der Waals surface area (Å²) in [6.45, 7) is 4.72. The van der Waals surface area contributed by atoms with E-state index >= 15 is 0 Å². The number of hydrogen-bond donors (Lipinski definition) is 2. The number of nitrogens with one attached hydrogen (secondary N) is 2. The minimum atomic E-state index is 0.458. The van der Waals surface area contributed by atoms with Crippen LogP contribution in [0.25, 0.3) is 21.6 Å². The van der Waals surface area contributed by atoms with Gasteiger partial charge in [0.05, 0.1) is 29.6 Å². The maximum atomic E-state index is 9.01. The first-order valence-corrected chi connectivity index (χ1v) is 12.0. The van der Waals surface area contributed by atoms with Gasteiger partial charge in [-0.1, -0.05) is 0 Å². The Morgan fingerprint density at radius 2 is 2.16 bits per heavy atom. The van der Waals surface area contributed by atoms with Crippen molar-refractivity contribution in [3.63, 3.8) is 0 Å². The van der Waals surface area contributed by atoms with Crippen molar-refractivity contribution < 1.29 is 0 Å². The molecule has 0 amide bonds. The number of nitrogens with zero attached hydrogens (tertiary/aromatic N) is 5. The lowest BCUT2D eigenvalue weighted by Gasteiger charge is -2.20. The summed E-state index contributed by atoms with van der Waals surface area (Å²) >= 11 is 1.83. The van der Waals surface area contributed by atoms with Crippen molar-refractivity contribution in [3.05, 3.63) is 29.0 Å². The van der Waals surface area contributed by atoms with Crippen LogP contribution in [0.15, 0.2) is 18.5 Å². The molecule has 2 fully saturated rings. The number of likely N-dealkylation sites (N-methyl/N-ethyl adjacent to an activating group) is 1. The van der Waals surface area contributed by atoms with E-state index in [9.17, 15) is 0 Å². The Hall–Kier alpha value is -2.47. The molecule has 31 heavy (non-hydrogen) atoms. The molecular formula is C23H27N7S. The number of aromatic nitrogens is 3. The zero-order chi connectivity index (χ0) is 20.9. The molecule has 160 valence electrons. The topological polar surface area (TPSA) is 83.9 Å². The number of hydrogen-bond acceptors (Lipinski definition) is 7. The number of likely N-dealkylation sites (tertiary alicyclic amines) is 1. The second kappa shape index (κ2) is 7.59. The van der Waals surface area contributed by atoms with Gasteiger partial charge in [-0.25, -0.2) is 9.97 Å². The molecule has 3 aliphatic rings. The van der Waals surface area contributed by atoms with Gasteiger partial charge in [0.2, 0.25) is 0 Å². The van der Waals surface area contributed by atoms with E-state index in [0.29, 0.717) is 24.4 Å². The Morgan fingerprint density at radius 1 is 1.32 bits per heavy atom. The molecule has 3 aromatic heterocycles. The molecule has 3 atom stereocenters. The second-order valence-corrected chi connectivity index (χ2v) is 10.4. The Morgan fingerprint density at radius 3 is 2.97 bits per heavy atom. The summed E-state index contributed by atoms with van der Waals surface area (Å²) in [6, 6.07) is 4.89. The van der Waals surface area contributed by atoms with E-state index in [-0.39, 0.29) is 0 Å². The van der Waals surface area contributed by atoms with Gasteiger partial charge in [-0.15, -0.1) is 11.3 Å². The van der Waals surface area contributed by atoms with Crippen LogP contribution in [0.5, 0.6) is 0 Å². The fourth-order valence-electron chi connectivity index (χ4n) is 5.72. The van der Waals surface area contributed by atoms with Gasteiger partial charge in [0.1, 0.15) is 10.7 Å². The van der Waals surface area contributed by atoms with Gasteiger partial charge in [0.25, 0.3) is 0 Å². The van der Waals surface area contributed by atoms with Gasteiger partial charge in [0, 0.05) is 54.9 Å². The number of fused-ring (bicyclic) bond motifs is 3. The summed E-state index contributed by atoms with van der Waals surface area (Å²) in [5.41, 5.74) is 4.44. The summed E-state index contributed by atoms with van der Waals surface area (Å²) in [6.07, 6.45) is 7.37. The van der Waals surface area contributed by atoms with Gasteiger partial charge in [-0.2, -0.15) is 5.26 Å². The van der Waals surface area contributed by atoms with Crippen LogP contribution in [-0.4, -0.2) is 64.0 Å². The Bertz CT molecular complexity index is 1140. The Balaban J connectivity index is 1.30. The third-order valence-electron chi connectivity index (χ3n) is 7.20. The zero-order valence-electron chi connectivity index (χ0n) is 17.8. The highest BCUT2D eigenvalue weighted by Gasteiger charge is 2.41. The quantitative estimate of drug-likeness (QED) is 0.614. The number of aromatic amines is 1. The van der Waals surface area contributed by atoms with Gasteiger partial charge in [-0.05, 0) is 44.2 Å². The van der Waals surface area contributed by atoms with Crippen molar-refractivity contribution in [1.82, 2.24) is 24.8 Å². The summed E-state index contributed by atoms with van der Waals surface area (Å²) < 4.78 is 0. The Kier molecular flexibility index (Phi) is 4.71. The number of rotatable bonds is 4. The molecule has 0 spiro atoms. The first-order chi connectivity index (χ1) is 15.2. The van der Waals surface area contributed by atoms with Crippen molar-refractivity contribution in [2.45, 2.75) is 31.8 Å². The second-order valence-electron chi connectivity index (χ2n) is 9.35. The summed E-state index contributed by atoms with van der Waals surface area (Å²) in [4.78, 5) is 19.1.